The Morgan fingerprint density at radius 2 is 0.660 bits per heavy atom. The highest BCUT2D eigenvalue weighted by atomic mass is 16.5. The third-order valence-corrected chi connectivity index (χ3v) is 8.17. The minimum absolute atomic E-state index is 0.0285. The quantitative estimate of drug-likeness (QED) is 0.0427. The monoisotopic (exact) mass is 760 g/mol. The number of ether oxygens (including phenoxy) is 1. The van der Waals surface area contributed by atoms with E-state index in [9.17, 15) is 63.6 Å². The molecule has 0 bridgehead atoms. The van der Waals surface area contributed by atoms with E-state index < -0.39 is 110 Å². The molecule has 0 spiro atoms. The molecule has 0 fully saturated rings. The average Bonchev–Trinajstić information content (AvgIpc) is 3.08. The van der Waals surface area contributed by atoms with Gasteiger partial charge >= 0.3 is 29.8 Å². The summed E-state index contributed by atoms with van der Waals surface area (Å²) >= 11 is 0. The van der Waals surface area contributed by atoms with Crippen LogP contribution in [0.5, 0.6) is 0 Å². The van der Waals surface area contributed by atoms with Crippen LogP contribution in [0, 0.1) is 0 Å². The van der Waals surface area contributed by atoms with Gasteiger partial charge in [0.25, 0.3) is 0 Å². The summed E-state index contributed by atoms with van der Waals surface area (Å²) < 4.78 is 4.79. The third-order valence-electron chi connectivity index (χ3n) is 8.17. The predicted octanol–water partition coefficient (Wildman–Crippen LogP) is 1.41. The van der Waals surface area contributed by atoms with Crippen molar-refractivity contribution in [2.75, 3.05) is 13.7 Å². The number of rotatable bonds is 33. The molecule has 0 aliphatic carbocycles. The van der Waals surface area contributed by atoms with Gasteiger partial charge in [0, 0.05) is 52.2 Å². The van der Waals surface area contributed by atoms with E-state index in [-0.39, 0.29) is 32.3 Å². The topological polar surface area (TPSA) is 312 Å². The number of carbonyl (C=O) groups excluding carboxylic acids is 4. The van der Waals surface area contributed by atoms with Crippen molar-refractivity contribution in [2.45, 2.75) is 146 Å². The van der Waals surface area contributed by atoms with E-state index in [4.69, 9.17) is 9.84 Å². The summed E-state index contributed by atoms with van der Waals surface area (Å²) in [6.45, 7) is 0.0506. The Morgan fingerprint density at radius 3 is 0.943 bits per heavy atom. The molecule has 0 aliphatic rings. The first-order chi connectivity index (χ1) is 25.1. The van der Waals surface area contributed by atoms with Crippen LogP contribution in [0.2, 0.25) is 0 Å². The number of aliphatic carboxylic acids is 5. The third kappa shape index (κ3) is 25.7. The van der Waals surface area contributed by atoms with Crippen LogP contribution in [0.1, 0.15) is 122 Å². The zero-order chi connectivity index (χ0) is 40.2. The maximum Gasteiger partial charge on any atom is 0.326 e. The number of carboxylic acids is 5. The second-order valence-electron chi connectivity index (χ2n) is 12.7. The summed E-state index contributed by atoms with van der Waals surface area (Å²) in [7, 11) is 1.35. The van der Waals surface area contributed by atoms with Crippen molar-refractivity contribution >= 4 is 53.5 Å². The smallest absolute Gasteiger partial charge is 0.326 e. The lowest BCUT2D eigenvalue weighted by atomic mass is 10.0. The summed E-state index contributed by atoms with van der Waals surface area (Å²) in [5, 5.41) is 55.2. The summed E-state index contributed by atoms with van der Waals surface area (Å²) in [6.07, 6.45) is 6.59. The molecular formula is C34H56N4O15. The van der Waals surface area contributed by atoms with Crippen LogP contribution in [-0.2, 0) is 47.9 Å². The van der Waals surface area contributed by atoms with Gasteiger partial charge in [0.15, 0.2) is 0 Å². The van der Waals surface area contributed by atoms with Crippen molar-refractivity contribution in [1.29, 1.82) is 0 Å². The molecule has 0 saturated heterocycles. The molecule has 0 rings (SSSR count). The zero-order valence-corrected chi connectivity index (χ0v) is 30.3. The molecule has 19 nitrogen and oxygen atoms in total. The molecule has 4 atom stereocenters. The number of carbonyl (C=O) groups is 9. The van der Waals surface area contributed by atoms with Gasteiger partial charge in [-0.3, -0.25) is 24.0 Å². The fraction of sp³-hybridized carbons (Fsp3) is 0.735. The number of carboxylic acid groups (broad SMARTS) is 5. The molecule has 53 heavy (non-hydrogen) atoms. The maximum absolute atomic E-state index is 12.5. The number of amides is 4. The Bertz CT molecular complexity index is 1210. The molecule has 0 aromatic carbocycles. The van der Waals surface area contributed by atoms with Gasteiger partial charge in [-0.1, -0.05) is 51.4 Å². The van der Waals surface area contributed by atoms with Crippen molar-refractivity contribution in [3.63, 3.8) is 0 Å². The van der Waals surface area contributed by atoms with Crippen molar-refractivity contribution in [1.82, 2.24) is 21.3 Å². The highest BCUT2D eigenvalue weighted by Crippen LogP contribution is 2.12. The number of unbranched alkanes of at least 4 members (excludes halogenated alkanes) is 9. The van der Waals surface area contributed by atoms with Crippen LogP contribution < -0.4 is 21.3 Å². The first-order valence-corrected chi connectivity index (χ1v) is 17.9. The van der Waals surface area contributed by atoms with E-state index in [1.807, 2.05) is 0 Å². The molecule has 0 heterocycles. The van der Waals surface area contributed by atoms with Crippen LogP contribution >= 0.6 is 0 Å². The lowest BCUT2D eigenvalue weighted by Crippen LogP contribution is -2.45. The average molecular weight is 761 g/mol. The standard InChI is InChI=1S/C34H56N4O15/c1-53-21-20-25(34(51)52)38-29(42)19-16-24(33(49)50)37-28(41)18-15-23(32(47)48)36-27(40)17-14-22(31(45)46)35-26(39)12-10-8-6-4-2-3-5-7-9-11-13-30(43)44/h22-25H,2-21H2,1H3,(H,35,39)(H,36,40)(H,37,41)(H,38,42)(H,43,44)(H,45,46)(H,47,48)(H,49,50)(H,51,52)/t22?,23?,24-,25?/m0/s1. The minimum Gasteiger partial charge on any atom is -0.481 e. The predicted molar refractivity (Wildman–Crippen MR) is 186 cm³/mol. The SMILES string of the molecule is COCCC(NC(=O)CC[C@H](NC(=O)CCC(NC(=O)CCC(NC(=O)CCCCCCCCCCCCC(=O)O)C(=O)O)C(=O)O)C(=O)O)C(=O)O. The minimum atomic E-state index is -1.58. The molecule has 0 aromatic rings. The molecule has 19 heteroatoms. The number of nitrogens with one attached hydrogen (secondary N) is 4. The molecule has 3 unspecified atom stereocenters. The summed E-state index contributed by atoms with van der Waals surface area (Å²) in [6, 6.07) is -5.79. The number of hydrogen-bond acceptors (Lipinski definition) is 10. The van der Waals surface area contributed by atoms with Gasteiger partial charge in [-0.25, -0.2) is 19.2 Å². The molecule has 0 saturated carbocycles. The highest BCUT2D eigenvalue weighted by Gasteiger charge is 2.27. The van der Waals surface area contributed by atoms with Crippen molar-refractivity contribution in [2.24, 2.45) is 0 Å². The van der Waals surface area contributed by atoms with Crippen LogP contribution in [0.15, 0.2) is 0 Å². The fourth-order valence-corrected chi connectivity index (χ4v) is 5.13. The molecule has 4 amide bonds. The van der Waals surface area contributed by atoms with Gasteiger partial charge in [0.1, 0.15) is 24.2 Å². The van der Waals surface area contributed by atoms with Gasteiger partial charge in [0.05, 0.1) is 0 Å². The highest BCUT2D eigenvalue weighted by molar-refractivity contribution is 5.88. The van der Waals surface area contributed by atoms with Crippen molar-refractivity contribution < 1.29 is 73.4 Å². The molecule has 9 N–H and O–H groups in total. The van der Waals surface area contributed by atoms with Gasteiger partial charge < -0.3 is 51.5 Å². The second-order valence-corrected chi connectivity index (χ2v) is 12.7. The van der Waals surface area contributed by atoms with Crippen LogP contribution in [0.4, 0.5) is 0 Å². The Hall–Kier alpha value is -4.81. The lowest BCUT2D eigenvalue weighted by Gasteiger charge is -2.18. The Balaban J connectivity index is 4.58. The zero-order valence-electron chi connectivity index (χ0n) is 30.3. The summed E-state index contributed by atoms with van der Waals surface area (Å²) in [4.78, 5) is 106. The van der Waals surface area contributed by atoms with Gasteiger partial charge in [0.2, 0.25) is 23.6 Å². The van der Waals surface area contributed by atoms with E-state index in [0.29, 0.717) is 12.8 Å². The van der Waals surface area contributed by atoms with Crippen molar-refractivity contribution in [3.8, 4) is 0 Å². The van der Waals surface area contributed by atoms with E-state index >= 15 is 0 Å². The van der Waals surface area contributed by atoms with E-state index in [1.165, 1.54) is 7.11 Å². The molecule has 0 aliphatic heterocycles. The van der Waals surface area contributed by atoms with E-state index in [2.05, 4.69) is 21.3 Å². The van der Waals surface area contributed by atoms with Gasteiger partial charge in [-0.15, -0.1) is 0 Å². The first kappa shape index (κ1) is 48.2. The molecule has 302 valence electrons. The Labute approximate surface area is 308 Å². The molecular weight excluding hydrogens is 704 g/mol. The lowest BCUT2D eigenvalue weighted by molar-refractivity contribution is -0.144. The maximum atomic E-state index is 12.5. The van der Waals surface area contributed by atoms with E-state index in [1.54, 1.807) is 0 Å². The van der Waals surface area contributed by atoms with E-state index in [0.717, 1.165) is 51.4 Å². The summed E-state index contributed by atoms with van der Waals surface area (Å²) in [5.74, 6) is -9.48. The fourth-order valence-electron chi connectivity index (χ4n) is 5.13. The normalized spacial score (nSPS) is 13.1. The van der Waals surface area contributed by atoms with Gasteiger partial charge in [-0.2, -0.15) is 0 Å². The number of hydrogen-bond donors (Lipinski definition) is 9. The van der Waals surface area contributed by atoms with Crippen LogP contribution in [0.3, 0.4) is 0 Å². The first-order valence-electron chi connectivity index (χ1n) is 17.9. The number of methoxy groups -OCH3 is 1. The van der Waals surface area contributed by atoms with Crippen molar-refractivity contribution in [3.05, 3.63) is 0 Å². The summed E-state index contributed by atoms with van der Waals surface area (Å²) in [5.41, 5.74) is 0. The van der Waals surface area contributed by atoms with Crippen LogP contribution in [0.25, 0.3) is 0 Å². The molecule has 0 radical (unpaired) electrons. The molecule has 0 aromatic heterocycles. The largest absolute Gasteiger partial charge is 0.481 e. The second kappa shape index (κ2) is 28.7. The Morgan fingerprint density at radius 1 is 0.396 bits per heavy atom. The van der Waals surface area contributed by atoms with Crippen LogP contribution in [-0.4, -0.2) is 117 Å². The van der Waals surface area contributed by atoms with Gasteiger partial charge in [-0.05, 0) is 32.1 Å². The Kier molecular flexibility index (Phi) is 26.1.